The third-order valence-electron chi connectivity index (χ3n) is 6.40. The highest BCUT2D eigenvalue weighted by atomic mass is 16.1. The number of aromatic amines is 2. The summed E-state index contributed by atoms with van der Waals surface area (Å²) >= 11 is 0. The minimum atomic E-state index is -0.265. The summed E-state index contributed by atoms with van der Waals surface area (Å²) < 4.78 is 1.61. The zero-order valence-corrected chi connectivity index (χ0v) is 16.3. The Morgan fingerprint density at radius 1 is 1.14 bits per heavy atom. The van der Waals surface area contributed by atoms with Crippen LogP contribution in [-0.4, -0.2) is 48.8 Å². The fourth-order valence-electron chi connectivity index (χ4n) is 4.62. The Morgan fingerprint density at radius 2 is 1.90 bits per heavy atom. The smallest absolute Gasteiger partial charge is 0.262 e. The highest BCUT2D eigenvalue weighted by molar-refractivity contribution is 5.96. The van der Waals surface area contributed by atoms with Crippen molar-refractivity contribution in [3.63, 3.8) is 0 Å². The fourth-order valence-corrected chi connectivity index (χ4v) is 4.62. The molecule has 1 saturated carbocycles. The first kappa shape index (κ1) is 16.8. The molecule has 8 nitrogen and oxygen atoms in total. The van der Waals surface area contributed by atoms with E-state index in [1.165, 1.54) is 24.0 Å². The van der Waals surface area contributed by atoms with Crippen LogP contribution in [0.2, 0.25) is 0 Å². The average Bonchev–Trinajstić information content (AvgIpc) is 3.40. The number of aryl methyl sites for hydroxylation is 1. The number of benzene rings is 1. The lowest BCUT2D eigenvalue weighted by Crippen LogP contribution is -2.28. The van der Waals surface area contributed by atoms with Gasteiger partial charge in [0.25, 0.3) is 5.56 Å². The van der Waals surface area contributed by atoms with Crippen LogP contribution in [0.1, 0.15) is 24.0 Å². The molecule has 1 aromatic carbocycles. The summed E-state index contributed by atoms with van der Waals surface area (Å²) in [5.74, 6) is 0.504. The van der Waals surface area contributed by atoms with Crippen molar-refractivity contribution >= 4 is 27.8 Å². The largest absolute Gasteiger partial charge is 0.397 e. The second kappa shape index (κ2) is 5.93. The van der Waals surface area contributed by atoms with Gasteiger partial charge in [-0.25, -0.2) is 4.98 Å². The Morgan fingerprint density at radius 3 is 2.66 bits per heavy atom. The van der Waals surface area contributed by atoms with Crippen LogP contribution in [0.15, 0.2) is 23.1 Å². The van der Waals surface area contributed by atoms with Crippen molar-refractivity contribution in [2.75, 3.05) is 18.8 Å². The van der Waals surface area contributed by atoms with Gasteiger partial charge in [-0.05, 0) is 48.9 Å². The first-order chi connectivity index (χ1) is 14.1. The van der Waals surface area contributed by atoms with Crippen molar-refractivity contribution < 1.29 is 0 Å². The Labute approximate surface area is 166 Å². The zero-order chi connectivity index (χ0) is 19.7. The molecule has 3 aromatic heterocycles. The SMILES string of the molecule is Cn1ncc2c(N)c(-c3nc4cc5c(cc4[nH]3)CCN(C3CC3)CC5)c(=O)[nH]c21. The van der Waals surface area contributed by atoms with Crippen molar-refractivity contribution in [3.05, 3.63) is 39.8 Å². The molecule has 0 bridgehead atoms. The molecule has 0 unspecified atom stereocenters. The predicted molar refractivity (Wildman–Crippen MR) is 113 cm³/mol. The number of rotatable bonds is 2. The molecule has 4 heterocycles. The van der Waals surface area contributed by atoms with Crippen LogP contribution in [0, 0.1) is 0 Å². The lowest BCUT2D eigenvalue weighted by molar-refractivity contribution is 0.277. The van der Waals surface area contributed by atoms with Crippen molar-refractivity contribution in [2.45, 2.75) is 31.7 Å². The van der Waals surface area contributed by atoms with Crippen molar-refractivity contribution in [1.82, 2.24) is 29.6 Å². The van der Waals surface area contributed by atoms with E-state index in [1.54, 1.807) is 17.9 Å². The molecule has 0 radical (unpaired) electrons. The number of pyridine rings is 1. The molecule has 0 saturated heterocycles. The average molecular weight is 389 g/mol. The van der Waals surface area contributed by atoms with Gasteiger partial charge in [-0.1, -0.05) is 0 Å². The number of hydrogen-bond acceptors (Lipinski definition) is 5. The molecular weight excluding hydrogens is 366 g/mol. The number of imidazole rings is 1. The van der Waals surface area contributed by atoms with Gasteiger partial charge in [0.15, 0.2) is 0 Å². The molecular formula is C21H23N7O. The van der Waals surface area contributed by atoms with Gasteiger partial charge in [-0.2, -0.15) is 5.10 Å². The van der Waals surface area contributed by atoms with E-state index < -0.39 is 0 Å². The van der Waals surface area contributed by atoms with Gasteiger partial charge in [0.2, 0.25) is 0 Å². The van der Waals surface area contributed by atoms with Crippen LogP contribution in [-0.2, 0) is 19.9 Å². The molecule has 1 fully saturated rings. The minimum Gasteiger partial charge on any atom is -0.397 e. The van der Waals surface area contributed by atoms with Crippen molar-refractivity contribution in [2.24, 2.45) is 7.05 Å². The van der Waals surface area contributed by atoms with E-state index in [2.05, 4.69) is 32.1 Å². The van der Waals surface area contributed by atoms with E-state index in [0.29, 0.717) is 22.7 Å². The summed E-state index contributed by atoms with van der Waals surface area (Å²) in [6.45, 7) is 2.24. The summed E-state index contributed by atoms with van der Waals surface area (Å²) in [7, 11) is 1.77. The number of aromatic nitrogens is 5. The van der Waals surface area contributed by atoms with Crippen LogP contribution < -0.4 is 11.3 Å². The third kappa shape index (κ3) is 2.59. The summed E-state index contributed by atoms with van der Waals surface area (Å²) in [6, 6.07) is 5.18. The number of nitrogens with zero attached hydrogens (tertiary/aromatic N) is 4. The maximum Gasteiger partial charge on any atom is 0.262 e. The Kier molecular flexibility index (Phi) is 3.44. The molecule has 8 heteroatoms. The molecule has 2 aliphatic rings. The molecule has 29 heavy (non-hydrogen) atoms. The van der Waals surface area contributed by atoms with Crippen LogP contribution in [0.5, 0.6) is 0 Å². The summed E-state index contributed by atoms with van der Waals surface area (Å²) in [5, 5.41) is 4.91. The molecule has 0 spiro atoms. The van der Waals surface area contributed by atoms with Gasteiger partial charge < -0.3 is 15.7 Å². The normalized spacial score (nSPS) is 17.7. The lowest BCUT2D eigenvalue weighted by Gasteiger charge is -2.18. The lowest BCUT2D eigenvalue weighted by atomic mass is 10.0. The molecule has 6 rings (SSSR count). The Balaban J connectivity index is 1.44. The molecule has 1 aliphatic heterocycles. The predicted octanol–water partition coefficient (Wildman–Crippen LogP) is 1.95. The third-order valence-corrected chi connectivity index (χ3v) is 6.40. The van der Waals surface area contributed by atoms with Crippen LogP contribution in [0.4, 0.5) is 5.69 Å². The second-order valence-corrected chi connectivity index (χ2v) is 8.26. The number of nitrogens with two attached hydrogens (primary N) is 1. The van der Waals surface area contributed by atoms with Crippen LogP contribution >= 0.6 is 0 Å². The standard InChI is InChI=1S/C21H23N7O/c1-27-20-14(10-23-27)18(22)17(21(29)26-20)19-24-15-8-11-4-6-28(13-2-3-13)7-5-12(11)9-16(15)25-19/h8-10,13H,2-7H2,1H3,(H,24,25)(H3,22,26,29). The molecule has 148 valence electrons. The van der Waals surface area contributed by atoms with Crippen LogP contribution in [0.3, 0.4) is 0 Å². The Hall–Kier alpha value is -3.13. The number of nitrogen functional groups attached to an aromatic ring is 1. The quantitative estimate of drug-likeness (QED) is 0.486. The number of anilines is 1. The fraction of sp³-hybridized carbons (Fsp3) is 0.381. The number of fused-ring (bicyclic) bond motifs is 3. The number of nitrogens with one attached hydrogen (secondary N) is 2. The van der Waals surface area contributed by atoms with Crippen LogP contribution in [0.25, 0.3) is 33.5 Å². The molecule has 0 atom stereocenters. The highest BCUT2D eigenvalue weighted by Gasteiger charge is 2.30. The summed E-state index contributed by atoms with van der Waals surface area (Å²) in [5.41, 5.74) is 12.0. The summed E-state index contributed by atoms with van der Waals surface area (Å²) in [6.07, 6.45) is 6.47. The van der Waals surface area contributed by atoms with E-state index >= 15 is 0 Å². The van der Waals surface area contributed by atoms with Gasteiger partial charge in [-0.15, -0.1) is 0 Å². The monoisotopic (exact) mass is 389 g/mol. The minimum absolute atomic E-state index is 0.265. The first-order valence-corrected chi connectivity index (χ1v) is 10.2. The number of H-pyrrole nitrogens is 2. The summed E-state index contributed by atoms with van der Waals surface area (Å²) in [4.78, 5) is 26.3. The molecule has 4 aromatic rings. The van der Waals surface area contributed by atoms with E-state index in [9.17, 15) is 4.79 Å². The highest BCUT2D eigenvalue weighted by Crippen LogP contribution is 2.32. The number of hydrogen-bond donors (Lipinski definition) is 3. The maximum atomic E-state index is 12.7. The van der Waals surface area contributed by atoms with Gasteiger partial charge in [-0.3, -0.25) is 14.4 Å². The van der Waals surface area contributed by atoms with E-state index in [4.69, 9.17) is 10.7 Å². The van der Waals surface area contributed by atoms with E-state index in [1.807, 2.05) is 0 Å². The molecule has 4 N–H and O–H groups in total. The van der Waals surface area contributed by atoms with Crippen molar-refractivity contribution in [3.8, 4) is 11.4 Å². The second-order valence-electron chi connectivity index (χ2n) is 8.26. The topological polar surface area (TPSA) is 109 Å². The van der Waals surface area contributed by atoms with Gasteiger partial charge in [0.1, 0.15) is 17.0 Å². The van der Waals surface area contributed by atoms with Gasteiger partial charge in [0.05, 0.1) is 28.3 Å². The molecule has 1 aliphatic carbocycles. The zero-order valence-electron chi connectivity index (χ0n) is 16.3. The van der Waals surface area contributed by atoms with Gasteiger partial charge >= 0.3 is 0 Å². The van der Waals surface area contributed by atoms with Gasteiger partial charge in [0, 0.05) is 26.2 Å². The molecule has 0 amide bonds. The van der Waals surface area contributed by atoms with Crippen molar-refractivity contribution in [1.29, 1.82) is 0 Å². The Bertz CT molecular complexity index is 1280. The first-order valence-electron chi connectivity index (χ1n) is 10.2. The van der Waals surface area contributed by atoms with E-state index in [0.717, 1.165) is 48.4 Å². The maximum absolute atomic E-state index is 12.7. The van der Waals surface area contributed by atoms with E-state index in [-0.39, 0.29) is 5.56 Å².